The third kappa shape index (κ3) is 74.2. The molecule has 0 aliphatic rings. The second-order valence-electron chi connectivity index (χ2n) is 0.125. The summed E-state index contributed by atoms with van der Waals surface area (Å²) < 4.78 is 0. The van der Waals surface area contributed by atoms with Gasteiger partial charge in [-0.3, -0.25) is 0 Å². The monoisotopic (exact) mass is 102 g/mol. The van der Waals surface area contributed by atoms with E-state index in [4.69, 9.17) is 10.8 Å². The molecule has 0 aromatic carbocycles. The van der Waals surface area contributed by atoms with Crippen LogP contribution in [0, 0.1) is 10.8 Å². The summed E-state index contributed by atoms with van der Waals surface area (Å²) in [7, 11) is 0. The van der Waals surface area contributed by atoms with Gasteiger partial charge in [-0.2, -0.15) is 0 Å². The molecule has 0 fully saturated rings. The maximum absolute atomic E-state index is 5.62. The first kappa shape index (κ1) is 17.3. The topological polar surface area (TPSA) is 47.7 Å². The number of hydrogen-bond acceptors (Lipinski definition) is 2. The summed E-state index contributed by atoms with van der Waals surface area (Å²) in [5.41, 5.74) is 0. The van der Waals surface area contributed by atoms with E-state index < -0.39 is 0 Å². The van der Waals surface area contributed by atoms with Gasteiger partial charge < -0.3 is 1.43 Å². The Labute approximate surface area is 60.2 Å². The van der Waals surface area contributed by atoms with Gasteiger partial charge in [0.2, 0.25) is 0 Å². The molecule has 0 spiro atoms. The van der Waals surface area contributed by atoms with Crippen molar-refractivity contribution in [3.8, 4) is 0 Å². The molecule has 2 nitrogen and oxygen atoms in total. The van der Waals surface area contributed by atoms with Crippen molar-refractivity contribution in [2.45, 2.75) is 0 Å². The van der Waals surface area contributed by atoms with Gasteiger partial charge in [0.05, 0.1) is 6.01 Å². The fraction of sp³-hybridized carbons (Fsp3) is 0. The number of nitrogens with one attached hydrogen (secondary N) is 2. The van der Waals surface area contributed by atoms with Crippen LogP contribution in [0.4, 0.5) is 0 Å². The molecule has 0 unspecified atom stereocenters. The zero-order valence-electron chi connectivity index (χ0n) is 3.91. The van der Waals surface area contributed by atoms with Crippen LogP contribution in [0.3, 0.4) is 0 Å². The summed E-state index contributed by atoms with van der Waals surface area (Å²) in [4.78, 5) is 0. The average molecular weight is 102 g/mol. The molecule has 0 saturated heterocycles. The predicted molar refractivity (Wildman–Crippen MR) is 18.8 cm³/mol. The van der Waals surface area contributed by atoms with Crippen LogP contribution in [-0.4, -0.2) is 6.01 Å². The average Bonchev–Trinajstić information content (AvgIpc) is 0.918. The fourth-order valence-electron chi connectivity index (χ4n) is 0. The molecule has 0 heterocycles. The molecule has 0 aromatic heterocycles. The van der Waals surface area contributed by atoms with Gasteiger partial charge >= 0.3 is 29.6 Å². The molecule has 0 saturated carbocycles. The van der Waals surface area contributed by atoms with E-state index in [9.17, 15) is 0 Å². The van der Waals surface area contributed by atoms with Crippen LogP contribution >= 0.6 is 12.4 Å². The van der Waals surface area contributed by atoms with Gasteiger partial charge in [0.1, 0.15) is 0 Å². The van der Waals surface area contributed by atoms with Gasteiger partial charge in [-0.1, -0.05) is 0 Å². The van der Waals surface area contributed by atoms with E-state index in [1.165, 1.54) is 6.01 Å². The summed E-state index contributed by atoms with van der Waals surface area (Å²) in [6, 6.07) is 1.25. The first-order valence-corrected chi connectivity index (χ1v) is 0.500. The van der Waals surface area contributed by atoms with Crippen LogP contribution in [0.15, 0.2) is 0 Å². The molecule has 5 heavy (non-hydrogen) atoms. The van der Waals surface area contributed by atoms with Crippen LogP contribution < -0.4 is 29.6 Å². The molecule has 26 valence electrons. The summed E-state index contributed by atoms with van der Waals surface area (Å²) in [6.45, 7) is 0. The van der Waals surface area contributed by atoms with Gasteiger partial charge in [-0.25, -0.2) is 10.8 Å². The van der Waals surface area contributed by atoms with Crippen molar-refractivity contribution in [2.75, 3.05) is 0 Å². The van der Waals surface area contributed by atoms with Gasteiger partial charge in [0, 0.05) is 0 Å². The van der Waals surface area contributed by atoms with Gasteiger partial charge in [0.15, 0.2) is 0 Å². The third-order valence-corrected chi connectivity index (χ3v) is 0. The van der Waals surface area contributed by atoms with E-state index in [0.717, 1.165) is 0 Å². The summed E-state index contributed by atoms with van der Waals surface area (Å²) in [6.07, 6.45) is 0. The molecule has 0 bridgehead atoms. The Kier molecular flexibility index (Phi) is 78.2. The molecule has 4 heteroatoms. The van der Waals surface area contributed by atoms with E-state index in [1.807, 2.05) is 0 Å². The van der Waals surface area contributed by atoms with Crippen molar-refractivity contribution in [3.05, 3.63) is 0 Å². The minimum atomic E-state index is 0. The number of rotatable bonds is 0. The predicted octanol–water partition coefficient (Wildman–Crippen LogP) is -2.14. The fourth-order valence-corrected chi connectivity index (χ4v) is 0. The van der Waals surface area contributed by atoms with E-state index in [2.05, 4.69) is 0 Å². The van der Waals surface area contributed by atoms with Crippen molar-refractivity contribution in [1.82, 2.24) is 0 Å². The standard InChI is InChI=1S/CH2N2.ClH.Na.H/c2-1-3;;;/h2-3H;1H;;/q;;+1;-1. The van der Waals surface area contributed by atoms with E-state index in [-0.39, 0.29) is 43.4 Å². The Hall–Kier alpha value is 0.670. The third-order valence-electron chi connectivity index (χ3n) is 0. The van der Waals surface area contributed by atoms with Crippen LogP contribution in [0.5, 0.6) is 0 Å². The first-order valence-electron chi connectivity index (χ1n) is 0.500. The Balaban J connectivity index is -0.00000000667. The van der Waals surface area contributed by atoms with Crippen LogP contribution in [0.25, 0.3) is 0 Å². The van der Waals surface area contributed by atoms with Crippen molar-refractivity contribution >= 4 is 18.4 Å². The van der Waals surface area contributed by atoms with E-state index >= 15 is 0 Å². The largest absolute Gasteiger partial charge is 1.00 e. The van der Waals surface area contributed by atoms with Crippen molar-refractivity contribution in [1.29, 1.82) is 10.8 Å². The molecular formula is CH4ClN2Na. The first-order chi connectivity index (χ1) is 1.41. The molecule has 0 rings (SSSR count). The molecule has 0 aliphatic carbocycles. The maximum atomic E-state index is 5.62. The zero-order valence-corrected chi connectivity index (χ0v) is 5.72. The summed E-state index contributed by atoms with van der Waals surface area (Å²) in [5.74, 6) is 0. The molecule has 0 amide bonds. The molecule has 0 aliphatic heterocycles. The summed E-state index contributed by atoms with van der Waals surface area (Å²) in [5, 5.41) is 11.2. The minimum absolute atomic E-state index is 0. The van der Waals surface area contributed by atoms with Gasteiger partial charge in [-0.05, 0) is 0 Å². The molecule has 0 radical (unpaired) electrons. The smallest absolute Gasteiger partial charge is 1.00 e. The Morgan fingerprint density at radius 3 is 1.40 bits per heavy atom. The normalized spacial score (nSPS) is 1.60. The van der Waals surface area contributed by atoms with Crippen LogP contribution in [0.2, 0.25) is 0 Å². The second kappa shape index (κ2) is 22.6. The van der Waals surface area contributed by atoms with Crippen LogP contribution in [0.1, 0.15) is 1.43 Å². The van der Waals surface area contributed by atoms with E-state index in [0.29, 0.717) is 0 Å². The molecule has 2 N–H and O–H groups in total. The quantitative estimate of drug-likeness (QED) is 0.259. The molecule has 0 atom stereocenters. The zero-order chi connectivity index (χ0) is 2.71. The SMILES string of the molecule is Cl.N=C=N.[H-].[Na+]. The van der Waals surface area contributed by atoms with Crippen molar-refractivity contribution in [3.63, 3.8) is 0 Å². The number of hydrogen-bond donors (Lipinski definition) is 2. The summed E-state index contributed by atoms with van der Waals surface area (Å²) >= 11 is 0. The second-order valence-corrected chi connectivity index (χ2v) is 0.125. The molecule has 0 aromatic rings. The van der Waals surface area contributed by atoms with E-state index in [1.54, 1.807) is 0 Å². The number of halogens is 1. The molecular weight excluding hydrogens is 98.5 g/mol. The van der Waals surface area contributed by atoms with Crippen molar-refractivity contribution in [2.24, 2.45) is 0 Å². The Morgan fingerprint density at radius 2 is 1.40 bits per heavy atom. The van der Waals surface area contributed by atoms with Gasteiger partial charge in [0.25, 0.3) is 0 Å². The Morgan fingerprint density at radius 1 is 1.40 bits per heavy atom. The van der Waals surface area contributed by atoms with Crippen LogP contribution in [-0.2, 0) is 0 Å². The maximum Gasteiger partial charge on any atom is 1.00 e. The minimum Gasteiger partial charge on any atom is -1.00 e. The Bertz CT molecular complexity index is 34.5. The van der Waals surface area contributed by atoms with Crippen molar-refractivity contribution < 1.29 is 31.0 Å². The van der Waals surface area contributed by atoms with Gasteiger partial charge in [-0.15, -0.1) is 12.4 Å².